The highest BCUT2D eigenvalue weighted by Gasteiger charge is 2.50. The second kappa shape index (κ2) is 37.8. The van der Waals surface area contributed by atoms with Gasteiger partial charge in [-0.2, -0.15) is 5.10 Å². The number of anilines is 2. The van der Waals surface area contributed by atoms with Gasteiger partial charge in [0.05, 0.1) is 72.3 Å². The number of para-hydroxylation sites is 1. The fraction of sp³-hybridized carbons (Fsp3) is 0.462. The number of esters is 1. The van der Waals surface area contributed by atoms with E-state index in [1.54, 1.807) is 44.9 Å². The molecule has 0 aliphatic carbocycles. The van der Waals surface area contributed by atoms with Crippen molar-refractivity contribution in [1.82, 2.24) is 14.8 Å². The van der Waals surface area contributed by atoms with E-state index in [4.69, 9.17) is 32.8 Å². The number of benzene rings is 5. The fourth-order valence-electron chi connectivity index (χ4n) is 12.6. The monoisotopic (exact) mass is 1650 g/mol. The summed E-state index contributed by atoms with van der Waals surface area (Å²) in [5.74, 6) is -5.93. The van der Waals surface area contributed by atoms with E-state index in [9.17, 15) is 49.5 Å². The molecule has 5 heterocycles. The number of nitrogens with zero attached hydrogens (tertiary/aromatic N) is 4. The predicted molar refractivity (Wildman–Crippen MR) is 416 cm³/mol. The first-order valence-corrected chi connectivity index (χ1v) is 37.1. The number of piperazine rings is 1. The molecule has 0 unspecified atom stereocenters. The van der Waals surface area contributed by atoms with Gasteiger partial charge in [0, 0.05) is 124 Å². The lowest BCUT2D eigenvalue weighted by Gasteiger charge is -2.38. The molecule has 6 aromatic rings. The Morgan fingerprint density at radius 2 is 1.50 bits per heavy atom. The third-order valence-corrected chi connectivity index (χ3v) is 20.4. The Morgan fingerprint density at radius 3 is 2.12 bits per heavy atom. The van der Waals surface area contributed by atoms with Crippen LogP contribution < -0.4 is 24.8 Å². The molecule has 9 atom stereocenters. The summed E-state index contributed by atoms with van der Waals surface area (Å²) < 4.78 is 42.9. The molecule has 4 aliphatic rings. The third kappa shape index (κ3) is 20.2. The van der Waals surface area contributed by atoms with E-state index in [-0.39, 0.29) is 56.2 Å². The van der Waals surface area contributed by atoms with Crippen LogP contribution in [-0.4, -0.2) is 179 Å². The van der Waals surface area contributed by atoms with Crippen LogP contribution in [0.1, 0.15) is 139 Å². The number of furan rings is 1. The summed E-state index contributed by atoms with van der Waals surface area (Å²) in [5, 5.41) is 70.4. The molecule has 558 valence electrons. The molecule has 1 saturated heterocycles. The molecule has 103 heavy (non-hydrogen) atoms. The van der Waals surface area contributed by atoms with Gasteiger partial charge < -0.3 is 78.8 Å². The van der Waals surface area contributed by atoms with Crippen LogP contribution in [0.4, 0.5) is 11.4 Å². The van der Waals surface area contributed by atoms with Gasteiger partial charge in [-0.25, -0.2) is 0 Å². The Labute approximate surface area is 630 Å². The number of fused-ring (bicyclic) bond motifs is 15. The maximum absolute atomic E-state index is 14.4. The molecular formula is C78H100I2N6O17. The normalized spacial score (nSPS) is 23.0. The Kier molecular flexibility index (Phi) is 30.2. The van der Waals surface area contributed by atoms with Crippen LogP contribution in [0.5, 0.6) is 34.5 Å². The highest BCUT2D eigenvalue weighted by molar-refractivity contribution is 14.1. The van der Waals surface area contributed by atoms with Crippen molar-refractivity contribution in [1.29, 1.82) is 0 Å². The largest absolute Gasteiger partial charge is 0.507 e. The molecule has 5 bridgehead atoms. The zero-order valence-corrected chi connectivity index (χ0v) is 65.8. The maximum Gasteiger partial charge on any atom is 0.312 e. The number of methoxy groups -OCH3 is 1. The topological polar surface area (TPSA) is 301 Å². The highest BCUT2D eigenvalue weighted by Crippen LogP contribution is 2.55. The molecule has 1 fully saturated rings. The van der Waals surface area contributed by atoms with Gasteiger partial charge in [-0.3, -0.25) is 29.0 Å². The van der Waals surface area contributed by atoms with Crippen molar-refractivity contribution in [3.05, 3.63) is 138 Å². The number of amides is 2. The van der Waals surface area contributed by atoms with E-state index >= 15 is 0 Å². The average molecular weight is 1650 g/mol. The Bertz CT molecular complexity index is 4080. The first-order valence-electron chi connectivity index (χ1n) is 34.9. The molecule has 0 radical (unpaired) electrons. The molecule has 23 nitrogen and oxygen atoms in total. The van der Waals surface area contributed by atoms with Gasteiger partial charge >= 0.3 is 11.8 Å². The van der Waals surface area contributed by atoms with Crippen molar-refractivity contribution in [2.24, 2.45) is 28.8 Å². The Balaban J connectivity index is 0.000000277. The minimum atomic E-state index is -2.04. The number of nitrogens with one attached hydrogen (secondary N) is 2. The summed E-state index contributed by atoms with van der Waals surface area (Å²) in [7, 11) is 3.42. The summed E-state index contributed by atoms with van der Waals surface area (Å²) >= 11 is 4.54. The number of carbonyl (C=O) groups is 5. The van der Waals surface area contributed by atoms with E-state index in [1.165, 1.54) is 66.4 Å². The van der Waals surface area contributed by atoms with Crippen LogP contribution in [0.25, 0.3) is 21.7 Å². The molecule has 0 saturated carbocycles. The number of ketones is 2. The van der Waals surface area contributed by atoms with Crippen molar-refractivity contribution < 1.29 is 82.3 Å². The van der Waals surface area contributed by atoms with E-state index in [0.717, 1.165) is 93.0 Å². The summed E-state index contributed by atoms with van der Waals surface area (Å²) in [6.07, 6.45) is 7.68. The van der Waals surface area contributed by atoms with Gasteiger partial charge in [0.2, 0.25) is 5.91 Å². The molecule has 2 amide bonds. The van der Waals surface area contributed by atoms with Gasteiger partial charge in [0.15, 0.2) is 11.5 Å². The zero-order chi connectivity index (χ0) is 75.7. The molecule has 25 heteroatoms. The quantitative estimate of drug-likeness (QED) is 0.0105. The van der Waals surface area contributed by atoms with Crippen molar-refractivity contribution in [3.63, 3.8) is 0 Å². The maximum atomic E-state index is 14.4. The van der Waals surface area contributed by atoms with E-state index in [0.29, 0.717) is 37.4 Å². The standard InChI is InChI=1S/C43H58N4O12.C25H29I2NO3.C10H13NO2/c1-21-12-11-13-22(2)42(55)45-33-28(20-44-47-17-15-46(9)16-18-47)37(52)30-31(38(33)53)36(51)26(6)40-32(30)41(54)43(8,59-40)57-19-14-29(56-10)23(3)39(58-27(7)48)25(5)35(50)24(4)34(21)49;1-4-7-11-22-23(18-10-8-9-12-21(18)31-22)24(29)17-15-19(26)25(20(27)16-17)30-14-13-28(5-2)6-3;1-3-13-10-6-4-9(5-7-10)11-8(2)12/h11-14,19-21,23-25,29,34-35,39,49-53H,15-18H2,1-10H3,(H,45,55);8-10,12,15-16H,4-7,11,13-14H2,1-3H3;4-7H,3H2,1-2H3,(H,11,12)/b12-11+,19-14+,22-13-,44-20+;;/t21-,23+,24+,25+,29-,34-,35+,39+,43-;;/m0../s1. The molecule has 4 aliphatic heterocycles. The van der Waals surface area contributed by atoms with Crippen LogP contribution in [0, 0.1) is 37.7 Å². The van der Waals surface area contributed by atoms with Gasteiger partial charge in [0.25, 0.3) is 11.7 Å². The van der Waals surface area contributed by atoms with E-state index in [1.807, 2.05) is 74.6 Å². The number of aromatic hydroxyl groups is 3. The number of hydrogen-bond acceptors (Lipinski definition) is 21. The first kappa shape index (κ1) is 82.5. The lowest BCUT2D eigenvalue weighted by atomic mass is 9.78. The van der Waals surface area contributed by atoms with Crippen LogP contribution in [-0.2, 0) is 35.0 Å². The number of hydrazone groups is 1. The number of ether oxygens (including phenoxy) is 6. The first-order chi connectivity index (χ1) is 48.9. The number of rotatable bonds is 18. The van der Waals surface area contributed by atoms with Gasteiger partial charge in [0.1, 0.15) is 52.8 Å². The van der Waals surface area contributed by atoms with Crippen LogP contribution in [0.3, 0.4) is 0 Å². The fourth-order valence-corrected chi connectivity index (χ4v) is 14.7. The molecule has 7 N–H and O–H groups in total. The van der Waals surface area contributed by atoms with Crippen molar-refractivity contribution >= 4 is 114 Å². The third-order valence-electron chi connectivity index (χ3n) is 18.8. The number of likely N-dealkylation sites (N-methyl/N-ethyl adjacent to an activating group) is 2. The molecule has 0 spiro atoms. The SMILES string of the molecule is CCCCc1oc2ccccc2c1C(=O)c1cc(I)c(OCCN(CC)CC)c(I)c1.CCOc1ccc(NC(C)=O)cc1.CO[C@H]1/C=C/O[C@@]2(C)Oc3c(C)c(O)c4c(O)c(c(/C=N/N5CCN(C)CC5)c(O)c4c3C2=O)NC(=O)/C(C)=C\C=C\[C@H](C)[C@H](O)[C@@H](C)[C@@H](O)[C@@H](C)[C@H](OC(C)=O)[C@@H]1C. The van der Waals surface area contributed by atoms with Crippen molar-refractivity contribution in [3.8, 4) is 34.5 Å². The van der Waals surface area contributed by atoms with E-state index < -0.39 is 88.8 Å². The number of hydrogen-bond donors (Lipinski definition) is 7. The zero-order valence-electron chi connectivity index (χ0n) is 61.5. The summed E-state index contributed by atoms with van der Waals surface area (Å²) in [6, 6.07) is 19.0. The van der Waals surface area contributed by atoms with Crippen LogP contribution in [0.15, 0.2) is 106 Å². The average Bonchev–Trinajstić information content (AvgIpc) is 1.61. The number of Topliss-reactive ketones (excluding diaryl/α,β-unsaturated/α-hetero) is 1. The number of aryl methyl sites for hydroxylation is 1. The molecular weight excluding hydrogens is 1550 g/mol. The predicted octanol–water partition coefficient (Wildman–Crippen LogP) is 13.3. The van der Waals surface area contributed by atoms with Crippen molar-refractivity contribution in [2.45, 2.75) is 139 Å². The number of carbonyl (C=O) groups excluding carboxylic acids is 5. The van der Waals surface area contributed by atoms with E-state index in [2.05, 4.69) is 91.5 Å². The summed E-state index contributed by atoms with van der Waals surface area (Å²) in [6.45, 7) is 29.2. The minimum absolute atomic E-state index is 0.0153. The van der Waals surface area contributed by atoms with Crippen molar-refractivity contribution in [2.75, 3.05) is 83.8 Å². The van der Waals surface area contributed by atoms with Gasteiger partial charge in [-0.15, -0.1) is 0 Å². The van der Waals surface area contributed by atoms with Gasteiger partial charge in [-0.05, 0) is 141 Å². The molecule has 10 rings (SSSR count). The smallest absolute Gasteiger partial charge is 0.312 e. The number of phenolic OH excluding ortho intramolecular Hbond substituents is 3. The summed E-state index contributed by atoms with van der Waals surface area (Å²) in [5.41, 5.74) is 2.59. The number of phenols is 3. The van der Waals surface area contributed by atoms with Crippen LogP contribution >= 0.6 is 45.2 Å². The second-order valence-corrected chi connectivity index (χ2v) is 28.6. The van der Waals surface area contributed by atoms with Crippen LogP contribution in [0.2, 0.25) is 0 Å². The Morgan fingerprint density at radius 1 is 0.845 bits per heavy atom. The number of aliphatic hydroxyl groups excluding tert-OH is 2. The number of aliphatic hydroxyl groups is 2. The second-order valence-electron chi connectivity index (χ2n) is 26.2. The Hall–Kier alpha value is -7.80. The van der Waals surface area contributed by atoms with Gasteiger partial charge in [-0.1, -0.05) is 91.3 Å². The minimum Gasteiger partial charge on any atom is -0.507 e. The number of allylic oxidation sites excluding steroid dienone is 2. The molecule has 5 aromatic carbocycles. The molecule has 1 aromatic heterocycles. The summed E-state index contributed by atoms with van der Waals surface area (Å²) in [4.78, 5) is 69.2. The number of halogens is 2. The highest BCUT2D eigenvalue weighted by atomic mass is 127. The lowest BCUT2D eigenvalue weighted by Crippen LogP contribution is -2.46. The number of unbranched alkanes of at least 4 members (excludes halogenated alkanes) is 1. The lowest BCUT2D eigenvalue weighted by molar-refractivity contribution is -0.160.